The maximum atomic E-state index is 13.0. The molecular formula is C19H19FN4O. The van der Waals surface area contributed by atoms with E-state index in [2.05, 4.69) is 21.2 Å². The van der Waals surface area contributed by atoms with Gasteiger partial charge in [-0.1, -0.05) is 6.07 Å². The minimum Gasteiger partial charge on any atom is -0.369 e. The molecule has 0 aliphatic carbocycles. The fraction of sp³-hybridized carbons (Fsp3) is 0.263. The molecule has 0 saturated carbocycles. The Labute approximate surface area is 146 Å². The van der Waals surface area contributed by atoms with E-state index in [1.54, 1.807) is 36.4 Å². The Morgan fingerprint density at radius 2 is 1.84 bits per heavy atom. The lowest BCUT2D eigenvalue weighted by Crippen LogP contribution is -2.48. The number of carbonyl (C=O) groups is 1. The van der Waals surface area contributed by atoms with Crippen molar-refractivity contribution in [3.63, 3.8) is 0 Å². The smallest absolute Gasteiger partial charge is 0.238 e. The Balaban J connectivity index is 1.49. The molecule has 2 aromatic carbocycles. The molecule has 128 valence electrons. The Kier molecular flexibility index (Phi) is 5.26. The number of anilines is 2. The molecule has 1 saturated heterocycles. The van der Waals surface area contributed by atoms with E-state index in [0.29, 0.717) is 17.8 Å². The highest BCUT2D eigenvalue weighted by atomic mass is 19.1. The molecular weight excluding hydrogens is 319 g/mol. The van der Waals surface area contributed by atoms with Crippen molar-refractivity contribution in [1.82, 2.24) is 4.90 Å². The van der Waals surface area contributed by atoms with Gasteiger partial charge in [-0.05, 0) is 42.5 Å². The Hall–Kier alpha value is -2.91. The number of piperazine rings is 1. The van der Waals surface area contributed by atoms with Crippen molar-refractivity contribution in [1.29, 1.82) is 5.26 Å². The molecule has 1 aliphatic rings. The zero-order valence-corrected chi connectivity index (χ0v) is 13.8. The summed E-state index contributed by atoms with van der Waals surface area (Å²) in [6.45, 7) is 3.44. The minimum absolute atomic E-state index is 0.0923. The molecule has 0 atom stereocenters. The number of carbonyl (C=O) groups excluding carboxylic acids is 1. The SMILES string of the molecule is N#Cc1cccc(NC(=O)CN2CCN(c3ccc(F)cc3)CC2)c1. The first kappa shape index (κ1) is 16.9. The summed E-state index contributed by atoms with van der Waals surface area (Å²) in [4.78, 5) is 16.4. The number of amides is 1. The van der Waals surface area contributed by atoms with Gasteiger partial charge in [0, 0.05) is 37.6 Å². The zero-order chi connectivity index (χ0) is 17.6. The van der Waals surface area contributed by atoms with Crippen molar-refractivity contribution in [3.05, 3.63) is 59.9 Å². The molecule has 5 nitrogen and oxygen atoms in total. The van der Waals surface area contributed by atoms with E-state index in [9.17, 15) is 9.18 Å². The highest BCUT2D eigenvalue weighted by molar-refractivity contribution is 5.92. The lowest BCUT2D eigenvalue weighted by molar-refractivity contribution is -0.117. The van der Waals surface area contributed by atoms with Gasteiger partial charge in [0.1, 0.15) is 5.82 Å². The van der Waals surface area contributed by atoms with Crippen LogP contribution in [0.25, 0.3) is 0 Å². The monoisotopic (exact) mass is 338 g/mol. The second-order valence-electron chi connectivity index (χ2n) is 5.98. The lowest BCUT2D eigenvalue weighted by Gasteiger charge is -2.35. The van der Waals surface area contributed by atoms with E-state index in [-0.39, 0.29) is 11.7 Å². The second kappa shape index (κ2) is 7.77. The summed E-state index contributed by atoms with van der Waals surface area (Å²) in [6.07, 6.45) is 0. The summed E-state index contributed by atoms with van der Waals surface area (Å²) in [5.74, 6) is -0.329. The Morgan fingerprint density at radius 1 is 1.12 bits per heavy atom. The summed E-state index contributed by atoms with van der Waals surface area (Å²) < 4.78 is 13.0. The van der Waals surface area contributed by atoms with Gasteiger partial charge >= 0.3 is 0 Å². The minimum atomic E-state index is -0.237. The molecule has 1 fully saturated rings. The van der Waals surface area contributed by atoms with Crippen LogP contribution in [0.5, 0.6) is 0 Å². The number of hydrogen-bond acceptors (Lipinski definition) is 4. The highest BCUT2D eigenvalue weighted by Crippen LogP contribution is 2.17. The van der Waals surface area contributed by atoms with Crippen LogP contribution in [0.2, 0.25) is 0 Å². The van der Waals surface area contributed by atoms with Crippen LogP contribution >= 0.6 is 0 Å². The summed E-state index contributed by atoms with van der Waals surface area (Å²) in [7, 11) is 0. The van der Waals surface area contributed by atoms with E-state index < -0.39 is 0 Å². The van der Waals surface area contributed by atoms with E-state index in [1.165, 1.54) is 12.1 Å². The van der Waals surface area contributed by atoms with Gasteiger partial charge in [0.15, 0.2) is 0 Å². The topological polar surface area (TPSA) is 59.4 Å². The van der Waals surface area contributed by atoms with E-state index in [4.69, 9.17) is 5.26 Å². The number of nitriles is 1. The first-order chi connectivity index (χ1) is 12.1. The molecule has 0 unspecified atom stereocenters. The molecule has 0 aromatic heterocycles. The van der Waals surface area contributed by atoms with Gasteiger partial charge in [-0.2, -0.15) is 5.26 Å². The molecule has 1 amide bonds. The molecule has 0 spiro atoms. The number of benzene rings is 2. The largest absolute Gasteiger partial charge is 0.369 e. The second-order valence-corrected chi connectivity index (χ2v) is 5.98. The molecule has 25 heavy (non-hydrogen) atoms. The molecule has 1 N–H and O–H groups in total. The quantitative estimate of drug-likeness (QED) is 0.930. The molecule has 2 aromatic rings. The van der Waals surface area contributed by atoms with Gasteiger partial charge < -0.3 is 10.2 Å². The third kappa shape index (κ3) is 4.55. The van der Waals surface area contributed by atoms with Crippen molar-refractivity contribution >= 4 is 17.3 Å². The van der Waals surface area contributed by atoms with Gasteiger partial charge in [-0.15, -0.1) is 0 Å². The first-order valence-electron chi connectivity index (χ1n) is 8.17. The maximum absolute atomic E-state index is 13.0. The third-order valence-corrected chi connectivity index (χ3v) is 4.21. The molecule has 0 bridgehead atoms. The van der Waals surface area contributed by atoms with Crippen LogP contribution in [0.3, 0.4) is 0 Å². The molecule has 1 aliphatic heterocycles. The number of hydrogen-bond donors (Lipinski definition) is 1. The number of halogens is 1. The fourth-order valence-corrected chi connectivity index (χ4v) is 2.89. The van der Waals surface area contributed by atoms with Crippen LogP contribution in [0.1, 0.15) is 5.56 Å². The fourth-order valence-electron chi connectivity index (χ4n) is 2.89. The van der Waals surface area contributed by atoms with Gasteiger partial charge in [0.2, 0.25) is 5.91 Å². The summed E-state index contributed by atoms with van der Waals surface area (Å²) >= 11 is 0. The van der Waals surface area contributed by atoms with Crippen LogP contribution in [-0.2, 0) is 4.79 Å². The number of nitrogens with one attached hydrogen (secondary N) is 1. The maximum Gasteiger partial charge on any atom is 0.238 e. The van der Waals surface area contributed by atoms with Crippen LogP contribution < -0.4 is 10.2 Å². The molecule has 3 rings (SSSR count). The summed E-state index contributed by atoms with van der Waals surface area (Å²) in [5, 5.41) is 11.7. The highest BCUT2D eigenvalue weighted by Gasteiger charge is 2.19. The lowest BCUT2D eigenvalue weighted by atomic mass is 10.2. The van der Waals surface area contributed by atoms with Crippen molar-refractivity contribution in [2.75, 3.05) is 42.9 Å². The van der Waals surface area contributed by atoms with Crippen molar-refractivity contribution in [2.24, 2.45) is 0 Å². The van der Waals surface area contributed by atoms with Gasteiger partial charge in [0.25, 0.3) is 0 Å². The Bertz CT molecular complexity index is 777. The van der Waals surface area contributed by atoms with E-state index in [1.807, 2.05) is 0 Å². The molecule has 6 heteroatoms. The average Bonchev–Trinajstić information content (AvgIpc) is 2.63. The normalized spacial score (nSPS) is 14.8. The van der Waals surface area contributed by atoms with E-state index >= 15 is 0 Å². The number of rotatable bonds is 4. The molecule has 1 heterocycles. The predicted molar refractivity (Wildman–Crippen MR) is 94.8 cm³/mol. The Morgan fingerprint density at radius 3 is 2.52 bits per heavy atom. The summed E-state index contributed by atoms with van der Waals surface area (Å²) in [6, 6.07) is 15.4. The van der Waals surface area contributed by atoms with Crippen molar-refractivity contribution in [3.8, 4) is 6.07 Å². The van der Waals surface area contributed by atoms with Crippen molar-refractivity contribution < 1.29 is 9.18 Å². The third-order valence-electron chi connectivity index (χ3n) is 4.21. The van der Waals surface area contributed by atoms with Crippen LogP contribution in [0.15, 0.2) is 48.5 Å². The van der Waals surface area contributed by atoms with Gasteiger partial charge in [0.05, 0.1) is 18.2 Å². The first-order valence-corrected chi connectivity index (χ1v) is 8.17. The van der Waals surface area contributed by atoms with Gasteiger partial charge in [-0.25, -0.2) is 4.39 Å². The van der Waals surface area contributed by atoms with Crippen LogP contribution in [0, 0.1) is 17.1 Å². The standard InChI is InChI=1S/C19H19FN4O/c20-16-4-6-18(7-5-16)24-10-8-23(9-11-24)14-19(25)22-17-3-1-2-15(12-17)13-21/h1-7,12H,8-11,14H2,(H,22,25). The zero-order valence-electron chi connectivity index (χ0n) is 13.8. The van der Waals surface area contributed by atoms with Crippen LogP contribution in [-0.4, -0.2) is 43.5 Å². The van der Waals surface area contributed by atoms with E-state index in [0.717, 1.165) is 31.9 Å². The summed E-state index contributed by atoms with van der Waals surface area (Å²) in [5.41, 5.74) is 2.15. The van der Waals surface area contributed by atoms with Crippen LogP contribution in [0.4, 0.5) is 15.8 Å². The van der Waals surface area contributed by atoms with Gasteiger partial charge in [-0.3, -0.25) is 9.69 Å². The predicted octanol–water partition coefficient (Wildman–Crippen LogP) is 2.46. The molecule has 0 radical (unpaired) electrons. The number of nitrogens with zero attached hydrogens (tertiary/aromatic N) is 3. The van der Waals surface area contributed by atoms with Crippen molar-refractivity contribution in [2.45, 2.75) is 0 Å². The average molecular weight is 338 g/mol.